The molecule has 0 aliphatic carbocycles. The monoisotopic (exact) mass is 233 g/mol. The number of ketones is 1. The molecule has 1 aromatic carbocycles. The van der Waals surface area contributed by atoms with Crippen LogP contribution in [-0.4, -0.2) is 30.8 Å². The van der Waals surface area contributed by atoms with Gasteiger partial charge in [0.1, 0.15) is 0 Å². The Labute approximate surface area is 105 Å². The van der Waals surface area contributed by atoms with E-state index in [0.717, 1.165) is 24.1 Å². The van der Waals surface area contributed by atoms with Crippen LogP contribution < -0.4 is 0 Å². The van der Waals surface area contributed by atoms with Crippen molar-refractivity contribution in [3.05, 3.63) is 35.4 Å². The van der Waals surface area contributed by atoms with Crippen molar-refractivity contribution in [2.45, 2.75) is 27.2 Å². The maximum absolute atomic E-state index is 12.1. The summed E-state index contributed by atoms with van der Waals surface area (Å²) in [7, 11) is 2.02. The van der Waals surface area contributed by atoms with Gasteiger partial charge in [0, 0.05) is 12.1 Å². The normalized spacial score (nSPS) is 12.8. The van der Waals surface area contributed by atoms with Crippen LogP contribution in [0, 0.1) is 12.8 Å². The fraction of sp³-hybridized carbons (Fsp3) is 0.533. The summed E-state index contributed by atoms with van der Waals surface area (Å²) in [5.74, 6) is 0.860. The molecule has 0 saturated heterocycles. The molecule has 1 atom stereocenters. The standard InChI is InChI=1S/C15H23NO/c1-5-12(2)10-16(4)11-15(17)14-9-7-6-8-13(14)3/h6-9,12H,5,10-11H2,1-4H3. The molecule has 1 rings (SSSR count). The number of aryl methyl sites for hydroxylation is 1. The number of likely N-dealkylation sites (N-methyl/N-ethyl adjacent to an activating group) is 1. The molecule has 0 bridgehead atoms. The number of hydrogen-bond acceptors (Lipinski definition) is 2. The topological polar surface area (TPSA) is 20.3 Å². The highest BCUT2D eigenvalue weighted by atomic mass is 16.1. The molecule has 1 aromatic rings. The Morgan fingerprint density at radius 1 is 1.35 bits per heavy atom. The third-order valence-electron chi connectivity index (χ3n) is 3.18. The van der Waals surface area contributed by atoms with Crippen LogP contribution in [0.2, 0.25) is 0 Å². The fourth-order valence-corrected chi connectivity index (χ4v) is 1.94. The molecular weight excluding hydrogens is 210 g/mol. The van der Waals surface area contributed by atoms with Crippen LogP contribution in [-0.2, 0) is 0 Å². The maximum Gasteiger partial charge on any atom is 0.177 e. The summed E-state index contributed by atoms with van der Waals surface area (Å²) in [6, 6.07) is 7.79. The summed E-state index contributed by atoms with van der Waals surface area (Å²) < 4.78 is 0. The van der Waals surface area contributed by atoms with E-state index in [2.05, 4.69) is 18.7 Å². The van der Waals surface area contributed by atoms with Crippen molar-refractivity contribution >= 4 is 5.78 Å². The van der Waals surface area contributed by atoms with Crippen LogP contribution in [0.1, 0.15) is 36.2 Å². The van der Waals surface area contributed by atoms with Gasteiger partial charge in [0.05, 0.1) is 6.54 Å². The molecule has 2 nitrogen and oxygen atoms in total. The SMILES string of the molecule is CCC(C)CN(C)CC(=O)c1ccccc1C. The van der Waals surface area contributed by atoms with Gasteiger partial charge in [-0.15, -0.1) is 0 Å². The van der Waals surface area contributed by atoms with Crippen molar-refractivity contribution in [1.82, 2.24) is 4.90 Å². The Bertz CT molecular complexity index is 373. The first-order valence-corrected chi connectivity index (χ1v) is 6.32. The summed E-state index contributed by atoms with van der Waals surface area (Å²) in [6.45, 7) is 7.88. The van der Waals surface area contributed by atoms with Crippen LogP contribution >= 0.6 is 0 Å². The van der Waals surface area contributed by atoms with E-state index in [4.69, 9.17) is 0 Å². The Balaban J connectivity index is 2.58. The number of nitrogens with zero attached hydrogens (tertiary/aromatic N) is 1. The number of carbonyl (C=O) groups excluding carboxylic acids is 1. The van der Waals surface area contributed by atoms with Gasteiger partial charge >= 0.3 is 0 Å². The van der Waals surface area contributed by atoms with Crippen molar-refractivity contribution in [3.63, 3.8) is 0 Å². The van der Waals surface area contributed by atoms with Crippen molar-refractivity contribution in [2.75, 3.05) is 20.1 Å². The molecule has 0 saturated carbocycles. The van der Waals surface area contributed by atoms with Crippen LogP contribution in [0.4, 0.5) is 0 Å². The van der Waals surface area contributed by atoms with Crippen molar-refractivity contribution < 1.29 is 4.79 Å². The first-order chi connectivity index (χ1) is 8.04. The molecule has 0 aliphatic heterocycles. The second-order valence-electron chi connectivity index (χ2n) is 4.95. The Morgan fingerprint density at radius 3 is 2.59 bits per heavy atom. The zero-order valence-electron chi connectivity index (χ0n) is 11.4. The van der Waals surface area contributed by atoms with E-state index in [-0.39, 0.29) is 5.78 Å². The molecule has 2 heteroatoms. The lowest BCUT2D eigenvalue weighted by atomic mass is 10.0. The highest BCUT2D eigenvalue weighted by Gasteiger charge is 2.12. The summed E-state index contributed by atoms with van der Waals surface area (Å²) in [5.41, 5.74) is 1.91. The highest BCUT2D eigenvalue weighted by molar-refractivity contribution is 5.98. The number of carbonyl (C=O) groups is 1. The van der Waals surface area contributed by atoms with E-state index in [0.29, 0.717) is 12.5 Å². The van der Waals surface area contributed by atoms with E-state index in [1.165, 1.54) is 0 Å². The first kappa shape index (κ1) is 13.9. The van der Waals surface area contributed by atoms with Gasteiger partial charge in [-0.1, -0.05) is 44.5 Å². The summed E-state index contributed by atoms with van der Waals surface area (Å²) in [5, 5.41) is 0. The summed E-state index contributed by atoms with van der Waals surface area (Å²) in [4.78, 5) is 14.2. The Kier molecular flexibility index (Phi) is 5.36. The van der Waals surface area contributed by atoms with E-state index < -0.39 is 0 Å². The third kappa shape index (κ3) is 4.31. The predicted molar refractivity (Wildman–Crippen MR) is 72.5 cm³/mol. The van der Waals surface area contributed by atoms with Gasteiger partial charge in [-0.05, 0) is 25.5 Å². The molecule has 0 fully saturated rings. The molecule has 0 aromatic heterocycles. The minimum atomic E-state index is 0.217. The van der Waals surface area contributed by atoms with Gasteiger partial charge in [-0.25, -0.2) is 0 Å². The highest BCUT2D eigenvalue weighted by Crippen LogP contribution is 2.09. The number of hydrogen-bond donors (Lipinski definition) is 0. The second kappa shape index (κ2) is 6.55. The lowest BCUT2D eigenvalue weighted by Crippen LogP contribution is -2.30. The van der Waals surface area contributed by atoms with E-state index in [1.807, 2.05) is 38.2 Å². The largest absolute Gasteiger partial charge is 0.299 e. The summed E-state index contributed by atoms with van der Waals surface area (Å²) in [6.07, 6.45) is 1.16. The van der Waals surface area contributed by atoms with Crippen molar-refractivity contribution in [3.8, 4) is 0 Å². The van der Waals surface area contributed by atoms with Gasteiger partial charge in [0.25, 0.3) is 0 Å². The predicted octanol–water partition coefficient (Wildman–Crippen LogP) is 3.16. The minimum absolute atomic E-state index is 0.217. The molecule has 0 aliphatic rings. The smallest absolute Gasteiger partial charge is 0.177 e. The fourth-order valence-electron chi connectivity index (χ4n) is 1.94. The third-order valence-corrected chi connectivity index (χ3v) is 3.18. The molecule has 17 heavy (non-hydrogen) atoms. The van der Waals surface area contributed by atoms with Gasteiger partial charge < -0.3 is 0 Å². The van der Waals surface area contributed by atoms with Gasteiger partial charge in [0.15, 0.2) is 5.78 Å². The molecule has 0 radical (unpaired) electrons. The van der Waals surface area contributed by atoms with E-state index in [1.54, 1.807) is 0 Å². The number of benzene rings is 1. The Morgan fingerprint density at radius 2 is 2.00 bits per heavy atom. The molecule has 0 N–H and O–H groups in total. The maximum atomic E-state index is 12.1. The number of rotatable bonds is 6. The summed E-state index contributed by atoms with van der Waals surface area (Å²) >= 11 is 0. The van der Waals surface area contributed by atoms with E-state index in [9.17, 15) is 4.79 Å². The van der Waals surface area contributed by atoms with Crippen LogP contribution in [0.15, 0.2) is 24.3 Å². The van der Waals surface area contributed by atoms with Crippen molar-refractivity contribution in [1.29, 1.82) is 0 Å². The van der Waals surface area contributed by atoms with Crippen molar-refractivity contribution in [2.24, 2.45) is 5.92 Å². The number of Topliss-reactive ketones (excluding diaryl/α,β-unsaturated/α-hetero) is 1. The van der Waals surface area contributed by atoms with Crippen LogP contribution in [0.3, 0.4) is 0 Å². The van der Waals surface area contributed by atoms with Gasteiger partial charge in [0.2, 0.25) is 0 Å². The zero-order chi connectivity index (χ0) is 12.8. The zero-order valence-corrected chi connectivity index (χ0v) is 11.4. The lowest BCUT2D eigenvalue weighted by molar-refractivity contribution is 0.0938. The molecule has 0 spiro atoms. The van der Waals surface area contributed by atoms with Gasteiger partial charge in [-0.3, -0.25) is 9.69 Å². The molecule has 94 valence electrons. The molecular formula is C15H23NO. The molecule has 0 heterocycles. The first-order valence-electron chi connectivity index (χ1n) is 6.32. The van der Waals surface area contributed by atoms with Crippen LogP contribution in [0.25, 0.3) is 0 Å². The average molecular weight is 233 g/mol. The second-order valence-corrected chi connectivity index (χ2v) is 4.95. The Hall–Kier alpha value is -1.15. The molecule has 0 amide bonds. The average Bonchev–Trinajstić information content (AvgIpc) is 2.29. The van der Waals surface area contributed by atoms with Crippen LogP contribution in [0.5, 0.6) is 0 Å². The quantitative estimate of drug-likeness (QED) is 0.703. The minimum Gasteiger partial charge on any atom is -0.299 e. The lowest BCUT2D eigenvalue weighted by Gasteiger charge is -2.19. The van der Waals surface area contributed by atoms with Gasteiger partial charge in [-0.2, -0.15) is 0 Å². The van der Waals surface area contributed by atoms with E-state index >= 15 is 0 Å². The molecule has 1 unspecified atom stereocenters.